The van der Waals surface area contributed by atoms with Crippen molar-refractivity contribution in [2.75, 3.05) is 31.1 Å². The first-order valence-corrected chi connectivity index (χ1v) is 9.07. The van der Waals surface area contributed by atoms with Gasteiger partial charge in [0, 0.05) is 62.4 Å². The fraction of sp³-hybridized carbons (Fsp3) is 0.400. The summed E-state index contributed by atoms with van der Waals surface area (Å²) in [4.78, 5) is 14.2. The number of piperazine rings is 1. The number of rotatable bonds is 4. The van der Waals surface area contributed by atoms with Crippen molar-refractivity contribution >= 4 is 16.6 Å². The number of benzene rings is 1. The van der Waals surface area contributed by atoms with Gasteiger partial charge in [0.25, 0.3) is 0 Å². The van der Waals surface area contributed by atoms with Crippen molar-refractivity contribution in [3.8, 4) is 0 Å². The van der Waals surface area contributed by atoms with Crippen LogP contribution in [0.25, 0.3) is 10.9 Å². The maximum Gasteiger partial charge on any atom is 0.122 e. The Morgan fingerprint density at radius 2 is 1.88 bits per heavy atom. The first-order valence-electron chi connectivity index (χ1n) is 9.07. The normalized spacial score (nSPS) is 15.8. The van der Waals surface area contributed by atoms with Gasteiger partial charge in [0.15, 0.2) is 0 Å². The van der Waals surface area contributed by atoms with Gasteiger partial charge in [-0.25, -0.2) is 4.98 Å². The fourth-order valence-electron chi connectivity index (χ4n) is 3.55. The van der Waals surface area contributed by atoms with Gasteiger partial charge in [0.05, 0.1) is 12.1 Å². The van der Waals surface area contributed by atoms with Crippen LogP contribution in [-0.4, -0.2) is 45.6 Å². The second-order valence-electron chi connectivity index (χ2n) is 6.72. The highest BCUT2D eigenvalue weighted by Crippen LogP contribution is 2.28. The van der Waals surface area contributed by atoms with E-state index in [4.69, 9.17) is 4.98 Å². The van der Waals surface area contributed by atoms with Gasteiger partial charge in [0.2, 0.25) is 0 Å². The Hall–Kier alpha value is -2.40. The molecule has 1 aliphatic heterocycles. The van der Waals surface area contributed by atoms with Gasteiger partial charge in [-0.05, 0) is 18.6 Å². The molecule has 130 valence electrons. The highest BCUT2D eigenvalue weighted by Gasteiger charge is 2.20. The highest BCUT2D eigenvalue weighted by atomic mass is 15.3. The number of fused-ring (bicyclic) bond motifs is 1. The molecule has 1 saturated heterocycles. The number of anilines is 1. The third kappa shape index (κ3) is 3.24. The van der Waals surface area contributed by atoms with Crippen LogP contribution in [0.1, 0.15) is 18.4 Å². The number of nitrogens with zero attached hydrogens (tertiary/aromatic N) is 5. The van der Waals surface area contributed by atoms with Gasteiger partial charge in [-0.1, -0.05) is 25.1 Å². The van der Waals surface area contributed by atoms with Crippen molar-refractivity contribution in [1.82, 2.24) is 19.4 Å². The number of hydrogen-bond acceptors (Lipinski definition) is 4. The summed E-state index contributed by atoms with van der Waals surface area (Å²) in [6.07, 6.45) is 4.86. The molecule has 0 atom stereocenters. The van der Waals surface area contributed by atoms with Gasteiger partial charge >= 0.3 is 0 Å². The molecule has 25 heavy (non-hydrogen) atoms. The van der Waals surface area contributed by atoms with Crippen LogP contribution in [0.3, 0.4) is 0 Å². The van der Waals surface area contributed by atoms with E-state index in [9.17, 15) is 0 Å². The lowest BCUT2D eigenvalue weighted by atomic mass is 10.1. The summed E-state index contributed by atoms with van der Waals surface area (Å²) in [6.45, 7) is 7.30. The number of para-hydroxylation sites is 1. The van der Waals surface area contributed by atoms with Crippen LogP contribution in [0.4, 0.5) is 5.69 Å². The molecule has 0 N–H and O–H groups in total. The Morgan fingerprint density at radius 1 is 1.08 bits per heavy atom. The molecule has 4 rings (SSSR count). The summed E-state index contributed by atoms with van der Waals surface area (Å²) in [5.41, 5.74) is 3.61. The number of imidazole rings is 1. The zero-order chi connectivity index (χ0) is 17.2. The average Bonchev–Trinajstić information content (AvgIpc) is 3.06. The van der Waals surface area contributed by atoms with Gasteiger partial charge in [0.1, 0.15) is 5.82 Å². The first-order chi connectivity index (χ1) is 12.2. The van der Waals surface area contributed by atoms with E-state index in [1.807, 2.05) is 12.4 Å². The zero-order valence-corrected chi connectivity index (χ0v) is 15.0. The smallest absolute Gasteiger partial charge is 0.122 e. The van der Waals surface area contributed by atoms with Crippen LogP contribution in [0.5, 0.6) is 0 Å². The molecular formula is C20H25N5. The van der Waals surface area contributed by atoms with E-state index in [-0.39, 0.29) is 0 Å². The van der Waals surface area contributed by atoms with Crippen LogP contribution in [0.15, 0.2) is 42.7 Å². The third-order valence-corrected chi connectivity index (χ3v) is 5.11. The molecule has 3 aromatic rings. The summed E-state index contributed by atoms with van der Waals surface area (Å²) in [5.74, 6) is 1.14. The molecule has 1 fully saturated rings. The molecule has 0 saturated carbocycles. The van der Waals surface area contributed by atoms with Crippen LogP contribution < -0.4 is 4.90 Å². The molecule has 0 aliphatic carbocycles. The van der Waals surface area contributed by atoms with Crippen molar-refractivity contribution in [3.63, 3.8) is 0 Å². The molecule has 0 bridgehead atoms. The molecule has 5 nitrogen and oxygen atoms in total. The minimum atomic E-state index is 0.925. The molecule has 0 amide bonds. The van der Waals surface area contributed by atoms with Gasteiger partial charge < -0.3 is 9.47 Å². The highest BCUT2D eigenvalue weighted by molar-refractivity contribution is 5.92. The fourth-order valence-corrected chi connectivity index (χ4v) is 3.55. The predicted octanol–water partition coefficient (Wildman–Crippen LogP) is 2.85. The number of aryl methyl sites for hydroxylation is 2. The summed E-state index contributed by atoms with van der Waals surface area (Å²) < 4.78 is 2.11. The Balaban J connectivity index is 1.52. The summed E-state index contributed by atoms with van der Waals surface area (Å²) >= 11 is 0. The number of hydrogen-bond donors (Lipinski definition) is 0. The molecular weight excluding hydrogens is 310 g/mol. The van der Waals surface area contributed by atoms with E-state index in [1.54, 1.807) is 0 Å². The predicted molar refractivity (Wildman–Crippen MR) is 102 cm³/mol. The largest absolute Gasteiger partial charge is 0.368 e. The minimum Gasteiger partial charge on any atom is -0.368 e. The molecule has 5 heteroatoms. The third-order valence-electron chi connectivity index (χ3n) is 5.11. The van der Waals surface area contributed by atoms with Gasteiger partial charge in [-0.2, -0.15) is 0 Å². The zero-order valence-electron chi connectivity index (χ0n) is 15.0. The van der Waals surface area contributed by atoms with Crippen LogP contribution >= 0.6 is 0 Å². The Labute approximate surface area is 148 Å². The van der Waals surface area contributed by atoms with Crippen LogP contribution in [-0.2, 0) is 20.0 Å². The van der Waals surface area contributed by atoms with E-state index >= 15 is 0 Å². The second-order valence-corrected chi connectivity index (χ2v) is 6.72. The second kappa shape index (κ2) is 6.84. The quantitative estimate of drug-likeness (QED) is 0.735. The van der Waals surface area contributed by atoms with Gasteiger partial charge in [-0.3, -0.25) is 9.88 Å². The Kier molecular flexibility index (Phi) is 4.40. The topological polar surface area (TPSA) is 37.2 Å². The van der Waals surface area contributed by atoms with E-state index in [0.717, 1.165) is 50.5 Å². The van der Waals surface area contributed by atoms with Crippen molar-refractivity contribution in [1.29, 1.82) is 0 Å². The number of pyridine rings is 1. The standard InChI is InChI=1S/C20H25N5/c1-3-16-14-19(17-6-4-5-7-18(17)22-16)25-12-10-24(11-13-25)15-20-21-8-9-23(20)2/h4-9,14H,3,10-13,15H2,1-2H3. The minimum absolute atomic E-state index is 0.925. The lowest BCUT2D eigenvalue weighted by Crippen LogP contribution is -2.46. The average molecular weight is 335 g/mol. The lowest BCUT2D eigenvalue weighted by molar-refractivity contribution is 0.242. The van der Waals surface area contributed by atoms with Gasteiger partial charge in [-0.15, -0.1) is 0 Å². The summed E-state index contributed by atoms with van der Waals surface area (Å²) in [7, 11) is 2.06. The monoisotopic (exact) mass is 335 g/mol. The Morgan fingerprint density at radius 3 is 2.60 bits per heavy atom. The van der Waals surface area contributed by atoms with E-state index in [0.29, 0.717) is 0 Å². The molecule has 2 aromatic heterocycles. The van der Waals surface area contributed by atoms with Crippen molar-refractivity contribution < 1.29 is 0 Å². The SMILES string of the molecule is CCc1cc(N2CCN(Cc3nccn3C)CC2)c2ccccc2n1. The maximum atomic E-state index is 4.78. The van der Waals surface area contributed by atoms with E-state index < -0.39 is 0 Å². The molecule has 1 aromatic carbocycles. The maximum absolute atomic E-state index is 4.78. The van der Waals surface area contributed by atoms with E-state index in [2.05, 4.69) is 63.7 Å². The molecule has 1 aliphatic rings. The molecule has 0 spiro atoms. The molecule has 0 radical (unpaired) electrons. The summed E-state index contributed by atoms with van der Waals surface area (Å²) in [5, 5.41) is 1.26. The summed E-state index contributed by atoms with van der Waals surface area (Å²) in [6, 6.07) is 10.8. The Bertz CT molecular complexity index is 861. The van der Waals surface area contributed by atoms with Crippen LogP contribution in [0, 0.1) is 0 Å². The van der Waals surface area contributed by atoms with Crippen LogP contribution in [0.2, 0.25) is 0 Å². The first kappa shape index (κ1) is 16.1. The van der Waals surface area contributed by atoms with Crippen molar-refractivity contribution in [2.24, 2.45) is 7.05 Å². The molecule has 3 heterocycles. The van der Waals surface area contributed by atoms with Crippen molar-refractivity contribution in [2.45, 2.75) is 19.9 Å². The van der Waals surface area contributed by atoms with Crippen molar-refractivity contribution in [3.05, 3.63) is 54.2 Å². The lowest BCUT2D eigenvalue weighted by Gasteiger charge is -2.36. The van der Waals surface area contributed by atoms with E-state index in [1.165, 1.54) is 16.8 Å². The number of aromatic nitrogens is 3. The molecule has 0 unspecified atom stereocenters.